The number of carbonyl (C=O) groups excluding carboxylic acids is 1. The number of aromatic nitrogens is 2. The SMILES string of the molecule is O=C(CSc1nnc(Nc2ccccc2)s1)N[C@@H](c1ccccc1)c1cccs1. The maximum Gasteiger partial charge on any atom is 0.231 e. The van der Waals surface area contributed by atoms with Crippen molar-refractivity contribution in [2.45, 2.75) is 10.4 Å². The number of nitrogens with zero attached hydrogens (tertiary/aromatic N) is 2. The topological polar surface area (TPSA) is 66.9 Å². The quantitative estimate of drug-likeness (QED) is 0.364. The smallest absolute Gasteiger partial charge is 0.231 e. The van der Waals surface area contributed by atoms with Crippen LogP contribution in [0.15, 0.2) is 82.5 Å². The van der Waals surface area contributed by atoms with Crippen molar-refractivity contribution < 1.29 is 4.79 Å². The fourth-order valence-corrected chi connectivity index (χ4v) is 5.10. The Morgan fingerprint density at radius 1 is 0.966 bits per heavy atom. The Bertz CT molecular complexity index is 1040. The predicted molar refractivity (Wildman–Crippen MR) is 121 cm³/mol. The van der Waals surface area contributed by atoms with E-state index < -0.39 is 0 Å². The van der Waals surface area contributed by atoms with Crippen molar-refractivity contribution in [1.82, 2.24) is 15.5 Å². The summed E-state index contributed by atoms with van der Waals surface area (Å²) >= 11 is 4.46. The maximum atomic E-state index is 12.6. The number of para-hydroxylation sites is 1. The molecule has 146 valence electrons. The maximum absolute atomic E-state index is 12.6. The Labute approximate surface area is 181 Å². The van der Waals surface area contributed by atoms with E-state index in [1.165, 1.54) is 23.1 Å². The Balaban J connectivity index is 1.35. The van der Waals surface area contributed by atoms with E-state index in [0.29, 0.717) is 5.13 Å². The molecule has 0 saturated carbocycles. The van der Waals surface area contributed by atoms with E-state index >= 15 is 0 Å². The van der Waals surface area contributed by atoms with Gasteiger partial charge in [-0.05, 0) is 29.1 Å². The number of rotatable bonds is 8. The van der Waals surface area contributed by atoms with Crippen LogP contribution in [0.3, 0.4) is 0 Å². The predicted octanol–water partition coefficient (Wildman–Crippen LogP) is 5.34. The number of hydrogen-bond acceptors (Lipinski definition) is 7. The van der Waals surface area contributed by atoms with E-state index in [4.69, 9.17) is 0 Å². The summed E-state index contributed by atoms with van der Waals surface area (Å²) < 4.78 is 0.756. The average Bonchev–Trinajstić information content (AvgIpc) is 3.44. The van der Waals surface area contributed by atoms with Crippen molar-refractivity contribution in [3.8, 4) is 0 Å². The third-order valence-corrected chi connectivity index (χ3v) is 6.93. The van der Waals surface area contributed by atoms with Gasteiger partial charge < -0.3 is 10.6 Å². The van der Waals surface area contributed by atoms with Crippen LogP contribution >= 0.6 is 34.4 Å². The lowest BCUT2D eigenvalue weighted by atomic mass is 10.1. The number of thioether (sulfide) groups is 1. The van der Waals surface area contributed by atoms with Gasteiger partial charge in [0.2, 0.25) is 11.0 Å². The van der Waals surface area contributed by atoms with Crippen LogP contribution in [0.1, 0.15) is 16.5 Å². The van der Waals surface area contributed by atoms with Gasteiger partial charge in [0.15, 0.2) is 4.34 Å². The molecule has 0 aliphatic carbocycles. The van der Waals surface area contributed by atoms with Gasteiger partial charge in [-0.2, -0.15) is 0 Å². The second kappa shape index (κ2) is 9.69. The van der Waals surface area contributed by atoms with Crippen LogP contribution in [0.2, 0.25) is 0 Å². The number of thiophene rings is 1. The molecule has 2 aromatic heterocycles. The van der Waals surface area contributed by atoms with E-state index in [2.05, 4.69) is 20.8 Å². The molecule has 1 atom stereocenters. The molecule has 29 heavy (non-hydrogen) atoms. The highest BCUT2D eigenvalue weighted by Gasteiger charge is 2.18. The lowest BCUT2D eigenvalue weighted by molar-refractivity contribution is -0.119. The minimum absolute atomic E-state index is 0.0370. The summed E-state index contributed by atoms with van der Waals surface area (Å²) in [6.07, 6.45) is 0. The minimum atomic E-state index is -0.144. The Kier molecular flexibility index (Phi) is 6.56. The van der Waals surface area contributed by atoms with Gasteiger partial charge in [-0.1, -0.05) is 77.7 Å². The van der Waals surface area contributed by atoms with Gasteiger partial charge in [0.25, 0.3) is 0 Å². The molecule has 4 aromatic rings. The zero-order valence-electron chi connectivity index (χ0n) is 15.3. The van der Waals surface area contributed by atoms with E-state index in [1.807, 2.05) is 78.2 Å². The zero-order chi connectivity index (χ0) is 19.9. The first-order valence-corrected chi connectivity index (χ1v) is 11.6. The highest BCUT2D eigenvalue weighted by molar-refractivity contribution is 8.01. The minimum Gasteiger partial charge on any atom is -0.344 e. The molecule has 2 N–H and O–H groups in total. The van der Waals surface area contributed by atoms with Gasteiger partial charge in [0, 0.05) is 10.6 Å². The van der Waals surface area contributed by atoms with Crippen molar-refractivity contribution in [3.63, 3.8) is 0 Å². The number of amides is 1. The van der Waals surface area contributed by atoms with Crippen LogP contribution in [0.25, 0.3) is 0 Å². The molecule has 0 spiro atoms. The first-order valence-electron chi connectivity index (χ1n) is 8.94. The molecule has 0 aliphatic heterocycles. The van der Waals surface area contributed by atoms with Crippen LogP contribution in [0, 0.1) is 0 Å². The molecule has 0 fully saturated rings. The number of carbonyl (C=O) groups is 1. The first-order chi connectivity index (χ1) is 14.3. The molecule has 0 saturated heterocycles. The summed E-state index contributed by atoms with van der Waals surface area (Å²) in [5.74, 6) is 0.249. The van der Waals surface area contributed by atoms with Gasteiger partial charge in [-0.15, -0.1) is 21.5 Å². The largest absolute Gasteiger partial charge is 0.344 e. The summed E-state index contributed by atoms with van der Waals surface area (Å²) in [5, 5.41) is 17.4. The lowest BCUT2D eigenvalue weighted by Gasteiger charge is -2.17. The van der Waals surface area contributed by atoms with Gasteiger partial charge in [0.1, 0.15) is 0 Å². The molecule has 5 nitrogen and oxygen atoms in total. The van der Waals surface area contributed by atoms with Crippen molar-refractivity contribution in [2.75, 3.05) is 11.1 Å². The van der Waals surface area contributed by atoms with Crippen molar-refractivity contribution in [1.29, 1.82) is 0 Å². The van der Waals surface area contributed by atoms with Crippen LogP contribution in [0.5, 0.6) is 0 Å². The van der Waals surface area contributed by atoms with Crippen LogP contribution < -0.4 is 10.6 Å². The Morgan fingerprint density at radius 3 is 2.45 bits per heavy atom. The highest BCUT2D eigenvalue weighted by Crippen LogP contribution is 2.29. The fourth-order valence-electron chi connectivity index (χ4n) is 2.71. The third kappa shape index (κ3) is 5.44. The van der Waals surface area contributed by atoms with Crippen LogP contribution in [-0.4, -0.2) is 21.9 Å². The lowest BCUT2D eigenvalue weighted by Crippen LogP contribution is -2.30. The van der Waals surface area contributed by atoms with Gasteiger partial charge in [0.05, 0.1) is 11.8 Å². The first kappa shape index (κ1) is 19.6. The number of hydrogen-bond donors (Lipinski definition) is 2. The van der Waals surface area contributed by atoms with Crippen LogP contribution in [-0.2, 0) is 4.79 Å². The second-order valence-corrected chi connectivity index (χ2v) is 9.26. The van der Waals surface area contributed by atoms with E-state index in [9.17, 15) is 4.79 Å². The zero-order valence-corrected chi connectivity index (χ0v) is 17.8. The Hall–Kier alpha value is -2.68. The van der Waals surface area contributed by atoms with Gasteiger partial charge >= 0.3 is 0 Å². The third-order valence-electron chi connectivity index (χ3n) is 4.02. The summed E-state index contributed by atoms with van der Waals surface area (Å²) in [6.45, 7) is 0. The summed E-state index contributed by atoms with van der Waals surface area (Å²) in [7, 11) is 0. The van der Waals surface area contributed by atoms with Gasteiger partial charge in [-0.3, -0.25) is 4.79 Å². The summed E-state index contributed by atoms with van der Waals surface area (Å²) in [4.78, 5) is 13.7. The molecule has 0 radical (unpaired) electrons. The molecule has 0 aliphatic rings. The molecule has 1 amide bonds. The van der Waals surface area contributed by atoms with Crippen molar-refractivity contribution >= 4 is 51.2 Å². The fraction of sp³-hybridized carbons (Fsp3) is 0.0952. The van der Waals surface area contributed by atoms with Crippen molar-refractivity contribution in [2.24, 2.45) is 0 Å². The molecule has 0 unspecified atom stereocenters. The summed E-state index contributed by atoms with van der Waals surface area (Å²) in [6, 6.07) is 23.7. The monoisotopic (exact) mass is 438 g/mol. The number of benzene rings is 2. The van der Waals surface area contributed by atoms with Crippen LogP contribution in [0.4, 0.5) is 10.8 Å². The van der Waals surface area contributed by atoms with Crippen molar-refractivity contribution in [3.05, 3.63) is 88.6 Å². The molecule has 4 rings (SSSR count). The van der Waals surface area contributed by atoms with E-state index in [1.54, 1.807) is 11.3 Å². The van der Waals surface area contributed by atoms with E-state index in [0.717, 1.165) is 20.5 Å². The highest BCUT2D eigenvalue weighted by atomic mass is 32.2. The molecule has 2 heterocycles. The molecule has 0 bridgehead atoms. The standard InChI is InChI=1S/C21H18N4OS3/c26-18(23-19(17-12-7-13-27-17)15-8-3-1-4-9-15)14-28-21-25-24-20(29-21)22-16-10-5-2-6-11-16/h1-13,19H,14H2,(H,22,24)(H,23,26)/t19-/m0/s1. The molecular formula is C21H18N4OS3. The number of nitrogens with one attached hydrogen (secondary N) is 2. The average molecular weight is 439 g/mol. The normalized spacial score (nSPS) is 11.7. The molecule has 2 aromatic carbocycles. The second-order valence-electron chi connectivity index (χ2n) is 6.08. The number of anilines is 2. The molecule has 8 heteroatoms. The Morgan fingerprint density at radius 2 is 1.72 bits per heavy atom. The van der Waals surface area contributed by atoms with Gasteiger partial charge in [-0.25, -0.2) is 0 Å². The summed E-state index contributed by atoms with van der Waals surface area (Å²) in [5.41, 5.74) is 2.03. The molecular weight excluding hydrogens is 420 g/mol. The van der Waals surface area contributed by atoms with E-state index in [-0.39, 0.29) is 17.7 Å².